The molecule has 0 saturated carbocycles. The standard InChI is InChI=1S/C15H22O5/c1-10(2)14(16)19-8-12-6-5-7-18-13(12)9-20-15(17)11(3)4/h12-13H,1,3,5-9H2,2,4H3. The molecule has 5 nitrogen and oxygen atoms in total. The van der Waals surface area contributed by atoms with E-state index in [1.807, 2.05) is 0 Å². The largest absolute Gasteiger partial charge is 0.462 e. The number of hydrogen-bond donors (Lipinski definition) is 0. The topological polar surface area (TPSA) is 61.8 Å². The highest BCUT2D eigenvalue weighted by Gasteiger charge is 2.28. The first kappa shape index (κ1) is 16.4. The molecule has 1 heterocycles. The molecule has 20 heavy (non-hydrogen) atoms. The van der Waals surface area contributed by atoms with Crippen molar-refractivity contribution in [3.05, 3.63) is 24.3 Å². The smallest absolute Gasteiger partial charge is 0.333 e. The minimum Gasteiger partial charge on any atom is -0.462 e. The van der Waals surface area contributed by atoms with Crippen molar-refractivity contribution >= 4 is 11.9 Å². The molecular formula is C15H22O5. The van der Waals surface area contributed by atoms with E-state index >= 15 is 0 Å². The van der Waals surface area contributed by atoms with Gasteiger partial charge in [-0.15, -0.1) is 0 Å². The molecule has 1 saturated heterocycles. The molecule has 0 aromatic rings. The highest BCUT2D eigenvalue weighted by atomic mass is 16.6. The molecule has 0 spiro atoms. The summed E-state index contributed by atoms with van der Waals surface area (Å²) in [5, 5.41) is 0. The molecule has 0 aliphatic carbocycles. The molecular weight excluding hydrogens is 260 g/mol. The Balaban J connectivity index is 2.45. The van der Waals surface area contributed by atoms with Crippen molar-refractivity contribution in [2.24, 2.45) is 5.92 Å². The van der Waals surface area contributed by atoms with Crippen molar-refractivity contribution < 1.29 is 23.8 Å². The van der Waals surface area contributed by atoms with Gasteiger partial charge in [0.2, 0.25) is 0 Å². The second-order valence-electron chi connectivity index (χ2n) is 5.07. The molecule has 5 heteroatoms. The normalized spacial score (nSPS) is 21.9. The lowest BCUT2D eigenvalue weighted by Gasteiger charge is -2.30. The summed E-state index contributed by atoms with van der Waals surface area (Å²) in [5.41, 5.74) is 0.720. The van der Waals surface area contributed by atoms with Crippen LogP contribution in [0.2, 0.25) is 0 Å². The summed E-state index contributed by atoms with van der Waals surface area (Å²) in [4.78, 5) is 22.8. The van der Waals surface area contributed by atoms with Crippen LogP contribution in [0.25, 0.3) is 0 Å². The van der Waals surface area contributed by atoms with E-state index in [-0.39, 0.29) is 25.2 Å². The van der Waals surface area contributed by atoms with Gasteiger partial charge >= 0.3 is 11.9 Å². The first-order chi connectivity index (χ1) is 9.41. The van der Waals surface area contributed by atoms with E-state index in [0.29, 0.717) is 17.8 Å². The zero-order valence-electron chi connectivity index (χ0n) is 12.1. The predicted octanol–water partition coefficient (Wildman–Crippen LogP) is 2.02. The van der Waals surface area contributed by atoms with Gasteiger partial charge in [0.25, 0.3) is 0 Å². The minimum absolute atomic E-state index is 0.0324. The van der Waals surface area contributed by atoms with Crippen LogP contribution < -0.4 is 0 Å². The van der Waals surface area contributed by atoms with Crippen LogP contribution in [0.15, 0.2) is 24.3 Å². The number of hydrogen-bond acceptors (Lipinski definition) is 5. The Morgan fingerprint density at radius 3 is 2.20 bits per heavy atom. The Hall–Kier alpha value is -1.62. The van der Waals surface area contributed by atoms with E-state index in [9.17, 15) is 9.59 Å². The van der Waals surface area contributed by atoms with E-state index < -0.39 is 11.9 Å². The summed E-state index contributed by atoms with van der Waals surface area (Å²) < 4.78 is 15.8. The fourth-order valence-corrected chi connectivity index (χ4v) is 1.86. The van der Waals surface area contributed by atoms with Gasteiger partial charge in [-0.25, -0.2) is 9.59 Å². The second-order valence-corrected chi connectivity index (χ2v) is 5.07. The van der Waals surface area contributed by atoms with Gasteiger partial charge in [0.1, 0.15) is 6.61 Å². The zero-order valence-corrected chi connectivity index (χ0v) is 12.1. The highest BCUT2D eigenvalue weighted by Crippen LogP contribution is 2.22. The summed E-state index contributed by atoms with van der Waals surface area (Å²) in [6, 6.07) is 0. The first-order valence-electron chi connectivity index (χ1n) is 6.68. The Morgan fingerprint density at radius 2 is 1.65 bits per heavy atom. The van der Waals surface area contributed by atoms with E-state index in [4.69, 9.17) is 14.2 Å². The van der Waals surface area contributed by atoms with Gasteiger partial charge < -0.3 is 14.2 Å². The fourth-order valence-electron chi connectivity index (χ4n) is 1.86. The van der Waals surface area contributed by atoms with Crippen LogP contribution in [0.4, 0.5) is 0 Å². The minimum atomic E-state index is -0.433. The van der Waals surface area contributed by atoms with Crippen molar-refractivity contribution in [3.63, 3.8) is 0 Å². The fraction of sp³-hybridized carbons (Fsp3) is 0.600. The Bertz CT molecular complexity index is 361. The van der Waals surface area contributed by atoms with Crippen LogP contribution in [0.3, 0.4) is 0 Å². The van der Waals surface area contributed by atoms with Gasteiger partial charge in [0, 0.05) is 23.7 Å². The SMILES string of the molecule is C=C(C)C(=O)OCC1CCCOC1COC(=O)C(=C)C. The van der Waals surface area contributed by atoms with E-state index in [1.165, 1.54) is 0 Å². The number of carbonyl (C=O) groups excluding carboxylic acids is 2. The quantitative estimate of drug-likeness (QED) is 0.551. The van der Waals surface area contributed by atoms with Crippen LogP contribution in [0.1, 0.15) is 26.7 Å². The van der Waals surface area contributed by atoms with Gasteiger partial charge in [-0.05, 0) is 26.7 Å². The van der Waals surface area contributed by atoms with Crippen molar-refractivity contribution in [1.29, 1.82) is 0 Å². The molecule has 0 radical (unpaired) electrons. The molecule has 0 bridgehead atoms. The van der Waals surface area contributed by atoms with Gasteiger partial charge in [-0.3, -0.25) is 0 Å². The van der Waals surface area contributed by atoms with Gasteiger partial charge in [0.15, 0.2) is 0 Å². The second kappa shape index (κ2) is 7.85. The monoisotopic (exact) mass is 282 g/mol. The molecule has 0 amide bonds. The average molecular weight is 282 g/mol. The third-order valence-corrected chi connectivity index (χ3v) is 3.08. The molecule has 1 rings (SSSR count). The van der Waals surface area contributed by atoms with Crippen molar-refractivity contribution in [3.8, 4) is 0 Å². The number of esters is 2. The number of carbonyl (C=O) groups is 2. The summed E-state index contributed by atoms with van der Waals surface area (Å²) >= 11 is 0. The molecule has 1 fully saturated rings. The molecule has 0 aromatic heterocycles. The van der Waals surface area contributed by atoms with Crippen LogP contribution in [0.5, 0.6) is 0 Å². The van der Waals surface area contributed by atoms with Crippen LogP contribution >= 0.6 is 0 Å². The van der Waals surface area contributed by atoms with E-state index in [1.54, 1.807) is 13.8 Å². The molecule has 2 atom stereocenters. The third kappa shape index (κ3) is 5.17. The Labute approximate surface area is 119 Å². The van der Waals surface area contributed by atoms with Crippen LogP contribution in [-0.4, -0.2) is 37.9 Å². The van der Waals surface area contributed by atoms with Crippen LogP contribution in [-0.2, 0) is 23.8 Å². The maximum atomic E-state index is 11.4. The van der Waals surface area contributed by atoms with E-state index in [0.717, 1.165) is 12.8 Å². The lowest BCUT2D eigenvalue weighted by molar-refractivity contribution is -0.153. The van der Waals surface area contributed by atoms with Crippen molar-refractivity contribution in [2.45, 2.75) is 32.8 Å². The summed E-state index contributed by atoms with van der Waals surface area (Å²) in [5.74, 6) is -0.810. The summed E-state index contributed by atoms with van der Waals surface area (Å²) in [6.45, 7) is 11.3. The summed E-state index contributed by atoms with van der Waals surface area (Å²) in [7, 11) is 0. The molecule has 0 N–H and O–H groups in total. The molecule has 1 aliphatic rings. The Morgan fingerprint density at radius 1 is 1.10 bits per heavy atom. The van der Waals surface area contributed by atoms with Crippen molar-refractivity contribution in [1.82, 2.24) is 0 Å². The zero-order chi connectivity index (χ0) is 15.1. The lowest BCUT2D eigenvalue weighted by Crippen LogP contribution is -2.37. The number of rotatable bonds is 6. The molecule has 0 aromatic carbocycles. The van der Waals surface area contributed by atoms with Crippen molar-refractivity contribution in [2.75, 3.05) is 19.8 Å². The molecule has 1 aliphatic heterocycles. The summed E-state index contributed by atoms with van der Waals surface area (Å²) in [6.07, 6.45) is 1.53. The first-order valence-corrected chi connectivity index (χ1v) is 6.68. The van der Waals surface area contributed by atoms with Gasteiger partial charge in [-0.2, -0.15) is 0 Å². The van der Waals surface area contributed by atoms with Crippen LogP contribution in [0, 0.1) is 5.92 Å². The average Bonchev–Trinajstić information content (AvgIpc) is 2.42. The third-order valence-electron chi connectivity index (χ3n) is 3.08. The highest BCUT2D eigenvalue weighted by molar-refractivity contribution is 5.87. The maximum absolute atomic E-state index is 11.4. The Kier molecular flexibility index (Phi) is 6.45. The van der Waals surface area contributed by atoms with Gasteiger partial charge in [0.05, 0.1) is 12.7 Å². The predicted molar refractivity (Wildman–Crippen MR) is 74.0 cm³/mol. The maximum Gasteiger partial charge on any atom is 0.333 e. The van der Waals surface area contributed by atoms with Gasteiger partial charge in [-0.1, -0.05) is 13.2 Å². The molecule has 2 unspecified atom stereocenters. The molecule has 112 valence electrons. The lowest BCUT2D eigenvalue weighted by atomic mass is 9.95. The van der Waals surface area contributed by atoms with E-state index in [2.05, 4.69) is 13.2 Å². The number of ether oxygens (including phenoxy) is 3.